The average molecular weight is 257 g/mol. The van der Waals surface area contributed by atoms with Gasteiger partial charge in [0, 0.05) is 19.1 Å². The van der Waals surface area contributed by atoms with Crippen LogP contribution in [0.3, 0.4) is 0 Å². The van der Waals surface area contributed by atoms with E-state index < -0.39 is 0 Å². The summed E-state index contributed by atoms with van der Waals surface area (Å²) < 4.78 is 5.54. The van der Waals surface area contributed by atoms with Gasteiger partial charge in [0.25, 0.3) is 0 Å². The lowest BCUT2D eigenvalue weighted by molar-refractivity contribution is -0.0692. The molecule has 18 heavy (non-hydrogen) atoms. The summed E-state index contributed by atoms with van der Waals surface area (Å²) >= 11 is 0. The lowest BCUT2D eigenvalue weighted by atomic mass is 9.80. The van der Waals surface area contributed by atoms with Crippen LogP contribution in [-0.4, -0.2) is 36.8 Å². The van der Waals surface area contributed by atoms with Crippen LogP contribution in [0, 0.1) is 5.41 Å². The van der Waals surface area contributed by atoms with Crippen molar-refractivity contribution in [3.05, 3.63) is 0 Å². The highest BCUT2D eigenvalue weighted by atomic mass is 16.5. The summed E-state index contributed by atoms with van der Waals surface area (Å²) in [4.78, 5) is 0. The molecule has 0 aliphatic heterocycles. The molecule has 5 heteroatoms. The standard InChI is InChI=1S/C13H27N3O2/c1-12(2,11(14)16-17)6-5-9-15-10-13(18-3)7-4-8-13/h15,17H,4-10H2,1-3H3,(H2,14,16). The zero-order valence-corrected chi connectivity index (χ0v) is 11.8. The van der Waals surface area contributed by atoms with Crippen LogP contribution >= 0.6 is 0 Å². The van der Waals surface area contributed by atoms with Gasteiger partial charge in [0.15, 0.2) is 0 Å². The monoisotopic (exact) mass is 257 g/mol. The Balaban J connectivity index is 2.15. The molecule has 0 saturated heterocycles. The van der Waals surface area contributed by atoms with Crippen LogP contribution in [0.5, 0.6) is 0 Å². The second kappa shape index (κ2) is 6.38. The van der Waals surface area contributed by atoms with Crippen LogP contribution in [0.25, 0.3) is 0 Å². The smallest absolute Gasteiger partial charge is 0.144 e. The van der Waals surface area contributed by atoms with Gasteiger partial charge in [0.2, 0.25) is 0 Å². The molecule has 0 amide bonds. The van der Waals surface area contributed by atoms with Crippen molar-refractivity contribution in [3.63, 3.8) is 0 Å². The highest BCUT2D eigenvalue weighted by molar-refractivity contribution is 5.85. The molecule has 4 N–H and O–H groups in total. The zero-order chi connectivity index (χ0) is 13.6. The SMILES string of the molecule is COC1(CNCCCC(C)(C)C(N)=NO)CCC1. The van der Waals surface area contributed by atoms with Crippen LogP contribution in [0.4, 0.5) is 0 Å². The first-order chi connectivity index (χ1) is 8.46. The van der Waals surface area contributed by atoms with Gasteiger partial charge >= 0.3 is 0 Å². The minimum Gasteiger partial charge on any atom is -0.409 e. The third-order valence-electron chi connectivity index (χ3n) is 4.10. The van der Waals surface area contributed by atoms with E-state index in [0.717, 1.165) is 38.8 Å². The van der Waals surface area contributed by atoms with Gasteiger partial charge < -0.3 is 21.0 Å². The number of rotatable bonds is 8. The van der Waals surface area contributed by atoms with Gasteiger partial charge in [0.05, 0.1) is 5.60 Å². The number of methoxy groups -OCH3 is 1. The summed E-state index contributed by atoms with van der Waals surface area (Å²) in [6.07, 6.45) is 5.49. The number of amidine groups is 1. The predicted octanol–water partition coefficient (Wildman–Crippen LogP) is 1.70. The van der Waals surface area contributed by atoms with Gasteiger partial charge in [0.1, 0.15) is 5.84 Å². The fourth-order valence-electron chi connectivity index (χ4n) is 2.26. The van der Waals surface area contributed by atoms with Crippen molar-refractivity contribution < 1.29 is 9.94 Å². The molecule has 0 spiro atoms. The van der Waals surface area contributed by atoms with Crippen molar-refractivity contribution in [2.75, 3.05) is 20.2 Å². The van der Waals surface area contributed by atoms with Crippen LogP contribution in [0.2, 0.25) is 0 Å². The third-order valence-corrected chi connectivity index (χ3v) is 4.10. The Morgan fingerprint density at radius 3 is 2.61 bits per heavy atom. The molecule has 106 valence electrons. The van der Waals surface area contributed by atoms with E-state index >= 15 is 0 Å². The van der Waals surface area contributed by atoms with Gasteiger partial charge in [-0.15, -0.1) is 0 Å². The molecular weight excluding hydrogens is 230 g/mol. The number of nitrogens with two attached hydrogens (primary N) is 1. The summed E-state index contributed by atoms with van der Waals surface area (Å²) in [5, 5.41) is 15.2. The van der Waals surface area contributed by atoms with Crippen molar-refractivity contribution in [3.8, 4) is 0 Å². The molecular formula is C13H27N3O2. The molecule has 5 nitrogen and oxygen atoms in total. The minimum absolute atomic E-state index is 0.0844. The molecule has 1 fully saturated rings. The van der Waals surface area contributed by atoms with Gasteiger partial charge in [-0.2, -0.15) is 0 Å². The Bertz CT molecular complexity index is 280. The number of ether oxygens (including phenoxy) is 1. The Morgan fingerprint density at radius 1 is 1.50 bits per heavy atom. The first kappa shape index (κ1) is 15.2. The molecule has 0 radical (unpaired) electrons. The summed E-state index contributed by atoms with van der Waals surface area (Å²) in [5.41, 5.74) is 5.49. The quantitative estimate of drug-likeness (QED) is 0.203. The lowest BCUT2D eigenvalue weighted by Crippen LogP contribution is -2.48. The maximum atomic E-state index is 8.68. The highest BCUT2D eigenvalue weighted by Gasteiger charge is 2.36. The second-order valence-corrected chi connectivity index (χ2v) is 5.89. The number of hydrogen-bond acceptors (Lipinski definition) is 4. The highest BCUT2D eigenvalue weighted by Crippen LogP contribution is 2.34. The number of oxime groups is 1. The van der Waals surface area contributed by atoms with Gasteiger partial charge in [-0.05, 0) is 38.6 Å². The molecule has 1 aliphatic rings. The van der Waals surface area contributed by atoms with Crippen molar-refractivity contribution >= 4 is 5.84 Å². The lowest BCUT2D eigenvalue weighted by Gasteiger charge is -2.40. The molecule has 1 saturated carbocycles. The van der Waals surface area contributed by atoms with E-state index in [1.54, 1.807) is 7.11 Å². The maximum absolute atomic E-state index is 8.68. The van der Waals surface area contributed by atoms with E-state index in [0.29, 0.717) is 5.84 Å². The Hall–Kier alpha value is -0.810. The van der Waals surface area contributed by atoms with Crippen molar-refractivity contribution in [1.29, 1.82) is 0 Å². The fourth-order valence-corrected chi connectivity index (χ4v) is 2.26. The van der Waals surface area contributed by atoms with Crippen LogP contribution in [0.1, 0.15) is 46.0 Å². The van der Waals surface area contributed by atoms with Crippen LogP contribution in [0.15, 0.2) is 5.16 Å². The van der Waals surface area contributed by atoms with Gasteiger partial charge in [-0.1, -0.05) is 19.0 Å². The van der Waals surface area contributed by atoms with E-state index in [9.17, 15) is 0 Å². The van der Waals surface area contributed by atoms with E-state index in [4.69, 9.17) is 15.7 Å². The first-order valence-corrected chi connectivity index (χ1v) is 6.70. The topological polar surface area (TPSA) is 79.9 Å². The molecule has 1 aliphatic carbocycles. The normalized spacial score (nSPS) is 19.6. The third kappa shape index (κ3) is 3.85. The average Bonchev–Trinajstić information content (AvgIpc) is 2.30. The number of hydrogen-bond donors (Lipinski definition) is 3. The first-order valence-electron chi connectivity index (χ1n) is 6.70. The fraction of sp³-hybridized carbons (Fsp3) is 0.923. The molecule has 0 aromatic rings. The Labute approximate surface area is 110 Å². The van der Waals surface area contributed by atoms with Gasteiger partial charge in [-0.3, -0.25) is 0 Å². The summed E-state index contributed by atoms with van der Waals surface area (Å²) in [7, 11) is 1.79. The molecule has 0 aromatic heterocycles. The van der Waals surface area contributed by atoms with Gasteiger partial charge in [-0.25, -0.2) is 0 Å². The van der Waals surface area contributed by atoms with E-state index in [1.807, 2.05) is 13.8 Å². The van der Waals surface area contributed by atoms with Crippen molar-refractivity contribution in [2.24, 2.45) is 16.3 Å². The van der Waals surface area contributed by atoms with E-state index in [2.05, 4.69) is 10.5 Å². The Morgan fingerprint density at radius 2 is 2.17 bits per heavy atom. The molecule has 0 atom stereocenters. The van der Waals surface area contributed by atoms with E-state index in [-0.39, 0.29) is 11.0 Å². The zero-order valence-electron chi connectivity index (χ0n) is 11.8. The summed E-state index contributed by atoms with van der Waals surface area (Å²) in [6, 6.07) is 0. The number of nitrogens with one attached hydrogen (secondary N) is 1. The molecule has 1 rings (SSSR count). The molecule has 0 heterocycles. The maximum Gasteiger partial charge on any atom is 0.144 e. The number of nitrogens with zero attached hydrogens (tertiary/aromatic N) is 1. The predicted molar refractivity (Wildman–Crippen MR) is 72.9 cm³/mol. The molecule has 0 bridgehead atoms. The summed E-state index contributed by atoms with van der Waals surface area (Å²) in [5.74, 6) is 0.301. The van der Waals surface area contributed by atoms with Crippen LogP contribution in [-0.2, 0) is 4.74 Å². The molecule has 0 unspecified atom stereocenters. The van der Waals surface area contributed by atoms with E-state index in [1.165, 1.54) is 6.42 Å². The van der Waals surface area contributed by atoms with Crippen molar-refractivity contribution in [2.45, 2.75) is 51.6 Å². The second-order valence-electron chi connectivity index (χ2n) is 5.89. The molecule has 0 aromatic carbocycles. The summed E-state index contributed by atoms with van der Waals surface area (Å²) in [6.45, 7) is 5.84. The largest absolute Gasteiger partial charge is 0.409 e. The minimum atomic E-state index is -0.244. The van der Waals surface area contributed by atoms with Crippen molar-refractivity contribution in [1.82, 2.24) is 5.32 Å². The van der Waals surface area contributed by atoms with Crippen LogP contribution < -0.4 is 11.1 Å². The Kier molecular flexibility index (Phi) is 5.41.